The van der Waals surface area contributed by atoms with Gasteiger partial charge in [-0.15, -0.1) is 0 Å². The van der Waals surface area contributed by atoms with E-state index in [4.69, 9.17) is 28.2 Å². The van der Waals surface area contributed by atoms with Crippen LogP contribution in [0.15, 0.2) is 0 Å². The van der Waals surface area contributed by atoms with Crippen LogP contribution in [0.25, 0.3) is 0 Å². The Hall–Kier alpha value is -0.940. The number of rotatable bonds is 8. The minimum absolute atomic E-state index is 0.344. The predicted octanol–water partition coefficient (Wildman–Crippen LogP) is -1.48. The molecule has 10 unspecified atom stereocenters. The smallest absolute Gasteiger partial charge is 0.397 e. The minimum Gasteiger partial charge on any atom is -0.479 e. The van der Waals surface area contributed by atoms with Crippen molar-refractivity contribution < 1.29 is 61.0 Å². The fraction of sp³-hybridized carbons (Fsp3) is 0.938. The van der Waals surface area contributed by atoms with Crippen molar-refractivity contribution in [3.63, 3.8) is 0 Å². The van der Waals surface area contributed by atoms with Crippen molar-refractivity contribution in [1.82, 2.24) is 0 Å². The second-order valence-electron chi connectivity index (χ2n) is 7.08. The summed E-state index contributed by atoms with van der Waals surface area (Å²) < 4.78 is 62.9. The number of aliphatic carboxylic acids is 1. The number of ether oxygens (including phenoxy) is 5. The average molecular weight is 460 g/mol. The van der Waals surface area contributed by atoms with Gasteiger partial charge in [0, 0.05) is 20.1 Å². The maximum atomic E-state index is 11.5. The van der Waals surface area contributed by atoms with Crippen LogP contribution in [0.4, 0.5) is 0 Å². The molecule has 2 aliphatic rings. The van der Waals surface area contributed by atoms with E-state index in [1.165, 1.54) is 7.11 Å². The highest BCUT2D eigenvalue weighted by atomic mass is 32.3. The zero-order valence-electron chi connectivity index (χ0n) is 16.9. The Balaban J connectivity index is 2.35. The molecule has 176 valence electrons. The van der Waals surface area contributed by atoms with E-state index in [9.17, 15) is 28.5 Å². The molecule has 14 heteroatoms. The molecule has 0 spiro atoms. The highest BCUT2D eigenvalue weighted by molar-refractivity contribution is 7.80. The third-order valence-corrected chi connectivity index (χ3v) is 5.64. The molecule has 10 atom stereocenters. The molecule has 2 heterocycles. The van der Waals surface area contributed by atoms with E-state index in [2.05, 4.69) is 4.18 Å². The number of carboxylic acids is 1. The number of carboxylic acid groups (broad SMARTS) is 1. The van der Waals surface area contributed by atoms with Gasteiger partial charge in [-0.05, 0) is 6.42 Å². The summed E-state index contributed by atoms with van der Waals surface area (Å²) in [4.78, 5) is 11.5. The second-order valence-corrected chi connectivity index (χ2v) is 8.13. The molecule has 0 bridgehead atoms. The molecule has 0 aliphatic carbocycles. The number of methoxy groups -OCH3 is 2. The molecular weight excluding hydrogens is 432 g/mol. The van der Waals surface area contributed by atoms with Crippen LogP contribution in [0, 0.1) is 5.92 Å². The molecule has 0 aromatic rings. The van der Waals surface area contributed by atoms with Gasteiger partial charge in [0.2, 0.25) is 0 Å². The van der Waals surface area contributed by atoms with Crippen molar-refractivity contribution in [2.45, 2.75) is 75.6 Å². The van der Waals surface area contributed by atoms with E-state index in [1.54, 1.807) is 13.8 Å². The Bertz CT molecular complexity index is 683. The summed E-state index contributed by atoms with van der Waals surface area (Å²) in [5.74, 6) is -2.08. The molecule has 4 N–H and O–H groups in total. The zero-order chi connectivity index (χ0) is 22.8. The zero-order valence-corrected chi connectivity index (χ0v) is 17.7. The first-order valence-corrected chi connectivity index (χ1v) is 10.6. The third-order valence-electron chi connectivity index (χ3n) is 5.17. The molecule has 2 fully saturated rings. The molecule has 0 aromatic heterocycles. The van der Waals surface area contributed by atoms with E-state index in [-0.39, 0.29) is 0 Å². The van der Waals surface area contributed by atoms with Crippen molar-refractivity contribution in [2.75, 3.05) is 14.2 Å². The summed E-state index contributed by atoms with van der Waals surface area (Å²) in [7, 11) is -2.61. The molecular formula is C16H28O13S. The molecule has 0 amide bonds. The number of hydrogen-bond acceptors (Lipinski definition) is 11. The fourth-order valence-electron chi connectivity index (χ4n) is 3.62. The Morgan fingerprint density at radius 2 is 1.63 bits per heavy atom. The van der Waals surface area contributed by atoms with E-state index < -0.39 is 77.6 Å². The molecule has 2 rings (SSSR count). The van der Waals surface area contributed by atoms with Crippen LogP contribution in [0.2, 0.25) is 0 Å². The van der Waals surface area contributed by atoms with Gasteiger partial charge in [0.05, 0.1) is 12.2 Å². The monoisotopic (exact) mass is 460 g/mol. The normalized spacial score (nSPS) is 42.8. The summed E-state index contributed by atoms with van der Waals surface area (Å²) >= 11 is 0. The van der Waals surface area contributed by atoms with E-state index in [0.717, 1.165) is 7.11 Å². The van der Waals surface area contributed by atoms with Gasteiger partial charge in [0.1, 0.15) is 18.3 Å². The van der Waals surface area contributed by atoms with Gasteiger partial charge < -0.3 is 39.0 Å². The second kappa shape index (κ2) is 10.1. The lowest BCUT2D eigenvalue weighted by atomic mass is 9.90. The Morgan fingerprint density at radius 1 is 1.00 bits per heavy atom. The Kier molecular flexibility index (Phi) is 8.54. The van der Waals surface area contributed by atoms with Crippen LogP contribution >= 0.6 is 0 Å². The van der Waals surface area contributed by atoms with Gasteiger partial charge in [-0.2, -0.15) is 8.42 Å². The van der Waals surface area contributed by atoms with Gasteiger partial charge >= 0.3 is 16.4 Å². The van der Waals surface area contributed by atoms with Crippen LogP contribution in [0.1, 0.15) is 20.3 Å². The number of aliphatic hydroxyl groups is 2. The molecule has 2 saturated heterocycles. The lowest BCUT2D eigenvalue weighted by molar-refractivity contribution is -0.343. The van der Waals surface area contributed by atoms with Crippen LogP contribution < -0.4 is 0 Å². The van der Waals surface area contributed by atoms with Crippen molar-refractivity contribution in [3.8, 4) is 0 Å². The first-order chi connectivity index (χ1) is 13.9. The van der Waals surface area contributed by atoms with Crippen LogP contribution in [0.3, 0.4) is 0 Å². The molecule has 30 heavy (non-hydrogen) atoms. The largest absolute Gasteiger partial charge is 0.479 e. The highest BCUT2D eigenvalue weighted by Crippen LogP contribution is 2.34. The standard InChI is InChI=1S/C16H28O13S/c1-5-7-10(8(17)6(2)15(25-4)26-7)27-16-12(29-30(21,22)23)9(18)11(24-3)13(28-16)14(19)20/h6-13,15-18H,5H2,1-4H3,(H,19,20)(H,21,22,23). The van der Waals surface area contributed by atoms with Gasteiger partial charge in [-0.3, -0.25) is 4.55 Å². The maximum Gasteiger partial charge on any atom is 0.397 e. The van der Waals surface area contributed by atoms with Gasteiger partial charge in [-0.25, -0.2) is 8.98 Å². The lowest BCUT2D eigenvalue weighted by Crippen LogP contribution is -2.64. The topological polar surface area (TPSA) is 188 Å². The van der Waals surface area contributed by atoms with Crippen molar-refractivity contribution in [3.05, 3.63) is 0 Å². The van der Waals surface area contributed by atoms with Gasteiger partial charge in [0.15, 0.2) is 24.8 Å². The summed E-state index contributed by atoms with van der Waals surface area (Å²) in [6, 6.07) is 0. The third kappa shape index (κ3) is 5.45. The molecule has 0 radical (unpaired) electrons. The lowest BCUT2D eigenvalue weighted by Gasteiger charge is -2.47. The van der Waals surface area contributed by atoms with E-state index in [1.807, 2.05) is 0 Å². The quantitative estimate of drug-likeness (QED) is 0.307. The van der Waals surface area contributed by atoms with Gasteiger partial charge in [-0.1, -0.05) is 13.8 Å². The Morgan fingerprint density at radius 3 is 2.10 bits per heavy atom. The van der Waals surface area contributed by atoms with Crippen molar-refractivity contribution in [2.24, 2.45) is 5.92 Å². The predicted molar refractivity (Wildman–Crippen MR) is 95.5 cm³/mol. The van der Waals surface area contributed by atoms with Gasteiger partial charge in [0.25, 0.3) is 0 Å². The first kappa shape index (κ1) is 25.3. The van der Waals surface area contributed by atoms with Crippen molar-refractivity contribution in [1.29, 1.82) is 0 Å². The highest BCUT2D eigenvalue weighted by Gasteiger charge is 2.54. The average Bonchev–Trinajstić information content (AvgIpc) is 2.67. The molecule has 0 aromatic carbocycles. The summed E-state index contributed by atoms with van der Waals surface area (Å²) in [6.45, 7) is 3.37. The number of hydrogen-bond donors (Lipinski definition) is 4. The van der Waals surface area contributed by atoms with Crippen LogP contribution in [-0.2, 0) is 43.1 Å². The molecule has 13 nitrogen and oxygen atoms in total. The van der Waals surface area contributed by atoms with E-state index in [0.29, 0.717) is 6.42 Å². The van der Waals surface area contributed by atoms with Crippen LogP contribution in [-0.4, -0.2) is 104 Å². The molecule has 0 saturated carbocycles. The minimum atomic E-state index is -5.09. The van der Waals surface area contributed by atoms with Crippen LogP contribution in [0.5, 0.6) is 0 Å². The van der Waals surface area contributed by atoms with E-state index >= 15 is 0 Å². The first-order valence-electron chi connectivity index (χ1n) is 9.21. The van der Waals surface area contributed by atoms with Crippen molar-refractivity contribution >= 4 is 16.4 Å². The maximum absolute atomic E-state index is 11.5. The number of carbonyl (C=O) groups is 1. The summed E-state index contributed by atoms with van der Waals surface area (Å²) in [6.07, 6.45) is -12.3. The SMILES string of the molecule is CCC1OC(OC)C(C)C(O)C1OC1OC(C(=O)O)C(OC)C(O)C1OS(=O)(=O)O. The summed E-state index contributed by atoms with van der Waals surface area (Å²) in [5, 5.41) is 30.5. The summed E-state index contributed by atoms with van der Waals surface area (Å²) in [5.41, 5.74) is 0. The number of aliphatic hydroxyl groups excluding tert-OH is 2. The molecule has 2 aliphatic heterocycles. The Labute approximate surface area is 173 Å². The fourth-order valence-corrected chi connectivity index (χ4v) is 4.10.